The summed E-state index contributed by atoms with van der Waals surface area (Å²) in [5, 5.41) is 7.12. The van der Waals surface area contributed by atoms with Crippen LogP contribution in [0.4, 0.5) is 46.6 Å². The maximum atomic E-state index is 15.0. The third kappa shape index (κ3) is 7.54. The number of halogens is 8. The van der Waals surface area contributed by atoms with Gasteiger partial charge in [0.05, 0.1) is 47.5 Å². The van der Waals surface area contributed by atoms with Crippen molar-refractivity contribution < 1.29 is 44.6 Å². The number of aromatic amines is 1. The van der Waals surface area contributed by atoms with Crippen LogP contribution in [0.1, 0.15) is 18.4 Å². The number of hydrogen-bond acceptors (Lipinski definition) is 10. The van der Waals surface area contributed by atoms with Crippen molar-refractivity contribution in [1.82, 2.24) is 29.7 Å². The summed E-state index contributed by atoms with van der Waals surface area (Å²) in [5.74, 6) is -2.30. The van der Waals surface area contributed by atoms with Crippen LogP contribution < -0.4 is 26.9 Å². The quantitative estimate of drug-likeness (QED) is 0.195. The Balaban J connectivity index is 1.53. The number of hydrogen-bond donors (Lipinski definition) is 3. The van der Waals surface area contributed by atoms with Crippen LogP contribution in [0.3, 0.4) is 0 Å². The molecule has 0 spiro atoms. The van der Waals surface area contributed by atoms with Gasteiger partial charge in [-0.2, -0.15) is 35.8 Å². The lowest BCUT2D eigenvalue weighted by atomic mass is 10.1. The molecule has 0 unspecified atom stereocenters. The van der Waals surface area contributed by atoms with Gasteiger partial charge in [0.1, 0.15) is 11.4 Å². The van der Waals surface area contributed by atoms with Crippen molar-refractivity contribution in [3.05, 3.63) is 62.9 Å². The lowest BCUT2D eigenvalue weighted by molar-refractivity contribution is -0.138. The third-order valence-corrected chi connectivity index (χ3v) is 6.03. The molecule has 0 aliphatic heterocycles. The molecular weight excluding hydrogens is 616 g/mol. The second kappa shape index (κ2) is 13.2. The zero-order chi connectivity index (χ0) is 32.2. The van der Waals surface area contributed by atoms with Gasteiger partial charge in [-0.3, -0.25) is 14.2 Å². The summed E-state index contributed by atoms with van der Waals surface area (Å²) < 4.78 is 115. The highest BCUT2D eigenvalue weighted by Crippen LogP contribution is 2.32. The van der Waals surface area contributed by atoms with E-state index in [1.54, 1.807) is 5.10 Å². The minimum atomic E-state index is -5.09. The maximum absolute atomic E-state index is 15.0. The molecule has 0 aliphatic rings. The fourth-order valence-electron chi connectivity index (χ4n) is 4.11. The Morgan fingerprint density at radius 1 is 1.07 bits per heavy atom. The molecule has 4 aromatic rings. The number of nitrogen functional groups attached to an aromatic ring is 1. The van der Waals surface area contributed by atoms with Crippen molar-refractivity contribution in [2.45, 2.75) is 44.8 Å². The number of benzene rings is 1. The number of aryl methyl sites for hydroxylation is 1. The molecule has 20 heteroatoms. The SMILES string of the molecule is Nc1nc(-c2cc3ncn(CCC[C@H](COC(F)F)Nc4cn[nH]c(=O)c4C(F)(F)F)c(=O)c3cc2F)ncc1OC(F)F. The Morgan fingerprint density at radius 3 is 2.48 bits per heavy atom. The number of nitrogens with one attached hydrogen (secondary N) is 2. The molecule has 1 aromatic carbocycles. The lowest BCUT2D eigenvalue weighted by Crippen LogP contribution is -2.32. The largest absolute Gasteiger partial charge is 0.429 e. The van der Waals surface area contributed by atoms with Gasteiger partial charge in [-0.05, 0) is 25.0 Å². The van der Waals surface area contributed by atoms with Crippen molar-refractivity contribution in [3.63, 3.8) is 0 Å². The van der Waals surface area contributed by atoms with E-state index in [0.717, 1.165) is 29.2 Å². The summed E-state index contributed by atoms with van der Waals surface area (Å²) in [6.07, 6.45) is -2.61. The molecule has 0 aliphatic carbocycles. The van der Waals surface area contributed by atoms with Crippen molar-refractivity contribution in [2.24, 2.45) is 0 Å². The molecule has 12 nitrogen and oxygen atoms in total. The highest BCUT2D eigenvalue weighted by molar-refractivity contribution is 5.82. The Labute approximate surface area is 239 Å². The Kier molecular flexibility index (Phi) is 9.60. The van der Waals surface area contributed by atoms with Gasteiger partial charge in [-0.1, -0.05) is 0 Å². The second-order valence-electron chi connectivity index (χ2n) is 8.98. The predicted octanol–water partition coefficient (Wildman–Crippen LogP) is 3.78. The molecule has 3 aromatic heterocycles. The number of nitrogens with two attached hydrogens (primary N) is 1. The summed E-state index contributed by atoms with van der Waals surface area (Å²) >= 11 is 0. The van der Waals surface area contributed by atoms with Crippen LogP contribution >= 0.6 is 0 Å². The Morgan fingerprint density at radius 2 is 1.82 bits per heavy atom. The van der Waals surface area contributed by atoms with Crippen LogP contribution in [-0.4, -0.2) is 55.6 Å². The summed E-state index contributed by atoms with van der Waals surface area (Å²) in [5.41, 5.74) is 0.685. The first-order chi connectivity index (χ1) is 20.7. The molecule has 0 saturated heterocycles. The third-order valence-electron chi connectivity index (χ3n) is 6.03. The van der Waals surface area contributed by atoms with Gasteiger partial charge in [-0.25, -0.2) is 24.4 Å². The molecule has 1 atom stereocenters. The van der Waals surface area contributed by atoms with Crippen LogP contribution in [0.25, 0.3) is 22.3 Å². The Hall–Kier alpha value is -4.88. The van der Waals surface area contributed by atoms with Gasteiger partial charge < -0.3 is 20.5 Å². The molecule has 0 saturated carbocycles. The van der Waals surface area contributed by atoms with Crippen LogP contribution in [0.5, 0.6) is 5.75 Å². The van der Waals surface area contributed by atoms with E-state index in [9.17, 15) is 44.7 Å². The molecule has 236 valence electrons. The topological polar surface area (TPSA) is 163 Å². The van der Waals surface area contributed by atoms with Crippen molar-refractivity contribution in [2.75, 3.05) is 17.7 Å². The molecule has 0 bridgehead atoms. The zero-order valence-electron chi connectivity index (χ0n) is 21.9. The highest BCUT2D eigenvalue weighted by atomic mass is 19.4. The lowest BCUT2D eigenvalue weighted by Gasteiger charge is -2.22. The normalized spacial score (nSPS) is 12.7. The summed E-state index contributed by atoms with van der Waals surface area (Å²) in [6, 6.07) is 0.801. The molecule has 0 fully saturated rings. The number of ether oxygens (including phenoxy) is 2. The van der Waals surface area contributed by atoms with E-state index in [0.29, 0.717) is 6.20 Å². The van der Waals surface area contributed by atoms with E-state index in [-0.39, 0.29) is 41.7 Å². The number of fused-ring (bicyclic) bond motifs is 1. The number of anilines is 2. The van der Waals surface area contributed by atoms with E-state index < -0.39 is 71.8 Å². The fourth-order valence-corrected chi connectivity index (χ4v) is 4.11. The van der Waals surface area contributed by atoms with E-state index in [4.69, 9.17) is 5.73 Å². The van der Waals surface area contributed by atoms with Gasteiger partial charge in [-0.15, -0.1) is 0 Å². The van der Waals surface area contributed by atoms with E-state index in [1.807, 2.05) is 0 Å². The monoisotopic (exact) mass is 636 g/mol. The number of H-pyrrole nitrogens is 1. The number of rotatable bonds is 12. The highest BCUT2D eigenvalue weighted by Gasteiger charge is 2.37. The molecular formula is C24H20F8N8O4. The van der Waals surface area contributed by atoms with Gasteiger partial charge in [0.25, 0.3) is 11.1 Å². The van der Waals surface area contributed by atoms with E-state index >= 15 is 0 Å². The van der Waals surface area contributed by atoms with Gasteiger partial charge >= 0.3 is 19.4 Å². The van der Waals surface area contributed by atoms with E-state index in [2.05, 4.69) is 34.8 Å². The van der Waals surface area contributed by atoms with Crippen molar-refractivity contribution in [1.29, 1.82) is 0 Å². The van der Waals surface area contributed by atoms with Crippen molar-refractivity contribution >= 4 is 22.4 Å². The average Bonchev–Trinajstić information content (AvgIpc) is 2.93. The van der Waals surface area contributed by atoms with Gasteiger partial charge in [0, 0.05) is 12.6 Å². The standard InChI is InChI=1S/C24H20F8N8O4/c25-13-4-12-14(5-11(13)19-34-7-16(18(33)38-19)44-23(28)29)35-9-40(21(12)42)3-1-2-10(8-43-22(26)27)37-15-6-36-39-20(41)17(15)24(30,31)32/h4-7,9-10,22-23H,1-3,8H2,(H2,33,34,38)(H2,37,39,41)/t10-/m1/s1. The van der Waals surface area contributed by atoms with Crippen LogP contribution in [-0.2, 0) is 17.5 Å². The molecule has 0 amide bonds. The zero-order valence-corrected chi connectivity index (χ0v) is 21.9. The molecule has 3 heterocycles. The minimum Gasteiger partial charge on any atom is -0.429 e. The first-order valence-electron chi connectivity index (χ1n) is 12.3. The minimum absolute atomic E-state index is 0.00378. The average molecular weight is 636 g/mol. The Bertz CT molecular complexity index is 1750. The summed E-state index contributed by atoms with van der Waals surface area (Å²) in [6.45, 7) is -7.32. The summed E-state index contributed by atoms with van der Waals surface area (Å²) in [7, 11) is 0. The molecule has 0 radical (unpaired) electrons. The number of alkyl halides is 7. The van der Waals surface area contributed by atoms with Gasteiger partial charge in [0.2, 0.25) is 0 Å². The first-order valence-corrected chi connectivity index (χ1v) is 12.3. The maximum Gasteiger partial charge on any atom is 0.423 e. The second-order valence-corrected chi connectivity index (χ2v) is 8.98. The van der Waals surface area contributed by atoms with E-state index in [1.165, 1.54) is 0 Å². The number of nitrogens with zero attached hydrogens (tertiary/aromatic N) is 5. The van der Waals surface area contributed by atoms with Crippen LogP contribution in [0.2, 0.25) is 0 Å². The van der Waals surface area contributed by atoms with Crippen molar-refractivity contribution in [3.8, 4) is 17.1 Å². The fraction of sp³-hybridized carbons (Fsp3) is 0.333. The molecule has 4 rings (SSSR count). The number of aromatic nitrogens is 6. The smallest absolute Gasteiger partial charge is 0.423 e. The molecule has 4 N–H and O–H groups in total. The van der Waals surface area contributed by atoms with Crippen LogP contribution in [0, 0.1) is 5.82 Å². The van der Waals surface area contributed by atoms with Gasteiger partial charge in [0.15, 0.2) is 17.4 Å². The summed E-state index contributed by atoms with van der Waals surface area (Å²) in [4.78, 5) is 36.3. The molecule has 44 heavy (non-hydrogen) atoms. The predicted molar refractivity (Wildman–Crippen MR) is 136 cm³/mol. The first kappa shape index (κ1) is 32.0. The van der Waals surface area contributed by atoms with Crippen LogP contribution in [0.15, 0.2) is 40.4 Å².